The maximum Gasteiger partial charge on any atom is 0.234 e. The number of nitriles is 1. The van der Waals surface area contributed by atoms with Crippen LogP contribution in [0.25, 0.3) is 0 Å². The van der Waals surface area contributed by atoms with E-state index in [0.29, 0.717) is 0 Å². The molecule has 1 N–H and O–H groups in total. The lowest BCUT2D eigenvalue weighted by Gasteiger charge is -2.32. The molecule has 16 heavy (non-hydrogen) atoms. The summed E-state index contributed by atoms with van der Waals surface area (Å²) in [4.78, 5) is 12.0. The van der Waals surface area contributed by atoms with Crippen molar-refractivity contribution < 1.29 is 4.79 Å². The van der Waals surface area contributed by atoms with Crippen molar-refractivity contribution in [1.82, 2.24) is 5.32 Å². The SMILES string of the molecule is N#CC1(NC(=O)C2CCCS2)CCCCC1. The molecule has 2 fully saturated rings. The van der Waals surface area contributed by atoms with Crippen LogP contribution in [-0.4, -0.2) is 22.4 Å². The summed E-state index contributed by atoms with van der Waals surface area (Å²) >= 11 is 1.73. The Morgan fingerprint density at radius 2 is 2.06 bits per heavy atom. The molecule has 1 saturated carbocycles. The van der Waals surface area contributed by atoms with E-state index in [2.05, 4.69) is 11.4 Å². The van der Waals surface area contributed by atoms with Gasteiger partial charge in [-0.2, -0.15) is 5.26 Å². The van der Waals surface area contributed by atoms with Crippen molar-refractivity contribution in [1.29, 1.82) is 5.26 Å². The van der Waals surface area contributed by atoms with Crippen LogP contribution >= 0.6 is 11.8 Å². The molecule has 1 aliphatic heterocycles. The molecule has 1 heterocycles. The maximum atomic E-state index is 12.0. The van der Waals surface area contributed by atoms with Crippen LogP contribution in [0, 0.1) is 11.3 Å². The van der Waals surface area contributed by atoms with E-state index in [4.69, 9.17) is 0 Å². The largest absolute Gasteiger partial charge is 0.337 e. The third-order valence-corrected chi connectivity index (χ3v) is 4.88. The minimum Gasteiger partial charge on any atom is -0.337 e. The van der Waals surface area contributed by atoms with E-state index in [-0.39, 0.29) is 11.2 Å². The highest BCUT2D eigenvalue weighted by molar-refractivity contribution is 8.00. The second-order valence-corrected chi connectivity index (χ2v) is 6.06. The Kier molecular flexibility index (Phi) is 3.75. The van der Waals surface area contributed by atoms with E-state index < -0.39 is 5.54 Å². The zero-order chi connectivity index (χ0) is 11.4. The number of rotatable bonds is 2. The number of hydrogen-bond donors (Lipinski definition) is 1. The van der Waals surface area contributed by atoms with Gasteiger partial charge < -0.3 is 5.32 Å². The van der Waals surface area contributed by atoms with Crippen LogP contribution < -0.4 is 5.32 Å². The van der Waals surface area contributed by atoms with Gasteiger partial charge in [-0.25, -0.2) is 0 Å². The molecular weight excluding hydrogens is 220 g/mol. The molecule has 1 atom stereocenters. The lowest BCUT2D eigenvalue weighted by molar-refractivity contribution is -0.122. The van der Waals surface area contributed by atoms with Gasteiger partial charge in [-0.3, -0.25) is 4.79 Å². The predicted octanol–water partition coefficient (Wildman–Crippen LogP) is 2.22. The summed E-state index contributed by atoms with van der Waals surface area (Å²) in [6.07, 6.45) is 7.06. The lowest BCUT2D eigenvalue weighted by atomic mass is 9.82. The van der Waals surface area contributed by atoms with Crippen molar-refractivity contribution in [3.05, 3.63) is 0 Å². The molecule has 2 rings (SSSR count). The molecule has 4 heteroatoms. The predicted molar refractivity (Wildman–Crippen MR) is 65.1 cm³/mol. The molecule has 3 nitrogen and oxygen atoms in total. The summed E-state index contributed by atoms with van der Waals surface area (Å²) in [5.74, 6) is 1.17. The summed E-state index contributed by atoms with van der Waals surface area (Å²) in [6.45, 7) is 0. The molecular formula is C12H18N2OS. The molecule has 0 aromatic rings. The Morgan fingerprint density at radius 1 is 1.31 bits per heavy atom. The van der Waals surface area contributed by atoms with Crippen LogP contribution in [0.1, 0.15) is 44.9 Å². The Hall–Kier alpha value is -0.690. The van der Waals surface area contributed by atoms with Gasteiger partial charge in [0.15, 0.2) is 0 Å². The molecule has 1 saturated heterocycles. The third kappa shape index (κ3) is 2.52. The second-order valence-electron chi connectivity index (χ2n) is 4.75. The van der Waals surface area contributed by atoms with Gasteiger partial charge in [0.1, 0.15) is 5.54 Å². The first-order chi connectivity index (χ1) is 7.76. The Balaban J connectivity index is 1.95. The van der Waals surface area contributed by atoms with Gasteiger partial charge in [-0.15, -0.1) is 11.8 Å². The fraction of sp³-hybridized carbons (Fsp3) is 0.833. The fourth-order valence-electron chi connectivity index (χ4n) is 2.52. The Labute approximate surface area is 101 Å². The van der Waals surface area contributed by atoms with Crippen molar-refractivity contribution in [2.75, 3.05) is 5.75 Å². The summed E-state index contributed by atoms with van der Waals surface area (Å²) in [7, 11) is 0. The highest BCUT2D eigenvalue weighted by Crippen LogP contribution is 2.30. The number of nitrogens with zero attached hydrogens (tertiary/aromatic N) is 1. The van der Waals surface area contributed by atoms with Crippen LogP contribution in [0.3, 0.4) is 0 Å². The molecule has 1 unspecified atom stereocenters. The van der Waals surface area contributed by atoms with Crippen LogP contribution in [-0.2, 0) is 4.79 Å². The maximum absolute atomic E-state index is 12.0. The smallest absolute Gasteiger partial charge is 0.234 e. The molecule has 0 bridgehead atoms. The molecule has 1 amide bonds. The quantitative estimate of drug-likeness (QED) is 0.802. The fourth-order valence-corrected chi connectivity index (χ4v) is 3.68. The van der Waals surface area contributed by atoms with Gasteiger partial charge in [-0.1, -0.05) is 19.3 Å². The number of nitrogens with one attached hydrogen (secondary N) is 1. The average Bonchev–Trinajstić information content (AvgIpc) is 2.84. The van der Waals surface area contributed by atoms with Gasteiger partial charge in [0.05, 0.1) is 11.3 Å². The summed E-state index contributed by atoms with van der Waals surface area (Å²) in [6, 6.07) is 2.33. The van der Waals surface area contributed by atoms with E-state index in [1.807, 2.05) is 0 Å². The highest BCUT2D eigenvalue weighted by atomic mass is 32.2. The van der Waals surface area contributed by atoms with E-state index in [9.17, 15) is 10.1 Å². The zero-order valence-electron chi connectivity index (χ0n) is 9.50. The summed E-state index contributed by atoms with van der Waals surface area (Å²) in [5, 5.41) is 12.4. The van der Waals surface area contributed by atoms with Crippen molar-refractivity contribution in [3.63, 3.8) is 0 Å². The normalized spacial score (nSPS) is 28.3. The van der Waals surface area contributed by atoms with E-state index in [1.54, 1.807) is 11.8 Å². The molecule has 2 aliphatic rings. The number of amides is 1. The number of thioether (sulfide) groups is 1. The third-order valence-electron chi connectivity index (χ3n) is 3.51. The van der Waals surface area contributed by atoms with Gasteiger partial charge >= 0.3 is 0 Å². The monoisotopic (exact) mass is 238 g/mol. The van der Waals surface area contributed by atoms with Crippen molar-refractivity contribution >= 4 is 17.7 Å². The number of carbonyl (C=O) groups excluding carboxylic acids is 1. The highest BCUT2D eigenvalue weighted by Gasteiger charge is 2.36. The zero-order valence-corrected chi connectivity index (χ0v) is 10.3. The van der Waals surface area contributed by atoms with Crippen molar-refractivity contribution in [3.8, 4) is 6.07 Å². The van der Waals surface area contributed by atoms with E-state index in [0.717, 1.165) is 44.3 Å². The number of carbonyl (C=O) groups is 1. The summed E-state index contributed by atoms with van der Waals surface area (Å²) in [5.41, 5.74) is -0.557. The van der Waals surface area contributed by atoms with Crippen LogP contribution in [0.2, 0.25) is 0 Å². The Bertz CT molecular complexity index is 299. The summed E-state index contributed by atoms with van der Waals surface area (Å²) < 4.78 is 0. The molecule has 1 aliphatic carbocycles. The average molecular weight is 238 g/mol. The van der Waals surface area contributed by atoms with Crippen molar-refractivity contribution in [2.24, 2.45) is 0 Å². The van der Waals surface area contributed by atoms with Gasteiger partial charge in [-0.05, 0) is 31.4 Å². The first-order valence-corrected chi connectivity index (χ1v) is 7.15. The van der Waals surface area contributed by atoms with Crippen LogP contribution in [0.15, 0.2) is 0 Å². The molecule has 0 radical (unpaired) electrons. The lowest BCUT2D eigenvalue weighted by Crippen LogP contribution is -2.51. The Morgan fingerprint density at radius 3 is 2.62 bits per heavy atom. The van der Waals surface area contributed by atoms with Crippen molar-refractivity contribution in [2.45, 2.75) is 55.7 Å². The van der Waals surface area contributed by atoms with E-state index in [1.165, 1.54) is 6.42 Å². The molecule has 88 valence electrons. The first-order valence-electron chi connectivity index (χ1n) is 6.11. The van der Waals surface area contributed by atoms with Gasteiger partial charge in [0, 0.05) is 0 Å². The van der Waals surface area contributed by atoms with E-state index >= 15 is 0 Å². The minimum atomic E-state index is -0.557. The minimum absolute atomic E-state index is 0.0888. The second kappa shape index (κ2) is 5.09. The first kappa shape index (κ1) is 11.8. The molecule has 0 aromatic carbocycles. The van der Waals surface area contributed by atoms with Crippen LogP contribution in [0.4, 0.5) is 0 Å². The van der Waals surface area contributed by atoms with Gasteiger partial charge in [0.25, 0.3) is 0 Å². The van der Waals surface area contributed by atoms with Gasteiger partial charge in [0.2, 0.25) is 5.91 Å². The topological polar surface area (TPSA) is 52.9 Å². The molecule has 0 aromatic heterocycles. The standard InChI is InChI=1S/C12H18N2OS/c13-9-12(6-2-1-3-7-12)14-11(15)10-5-4-8-16-10/h10H,1-8H2,(H,14,15). The molecule has 0 spiro atoms. The number of hydrogen-bond acceptors (Lipinski definition) is 3. The van der Waals surface area contributed by atoms with Crippen LogP contribution in [0.5, 0.6) is 0 Å².